The van der Waals surface area contributed by atoms with Crippen molar-refractivity contribution in [2.45, 2.75) is 32.6 Å². The summed E-state index contributed by atoms with van der Waals surface area (Å²) >= 11 is 0. The van der Waals surface area contributed by atoms with Gasteiger partial charge in [0.25, 0.3) is 11.8 Å². The van der Waals surface area contributed by atoms with Crippen molar-refractivity contribution in [2.24, 2.45) is 5.92 Å². The highest BCUT2D eigenvalue weighted by Gasteiger charge is 2.48. The molecule has 2 aromatic rings. The summed E-state index contributed by atoms with van der Waals surface area (Å²) in [7, 11) is 0. The molecule has 38 heavy (non-hydrogen) atoms. The molecule has 2 aliphatic heterocycles. The van der Waals surface area contributed by atoms with Crippen molar-refractivity contribution in [3.63, 3.8) is 0 Å². The van der Waals surface area contributed by atoms with E-state index >= 15 is 0 Å². The highest BCUT2D eigenvalue weighted by atomic mass is 19.1. The number of hydrogen-bond acceptors (Lipinski definition) is 6. The van der Waals surface area contributed by atoms with Gasteiger partial charge in [-0.05, 0) is 25.5 Å². The van der Waals surface area contributed by atoms with Gasteiger partial charge in [0.15, 0.2) is 11.4 Å². The lowest BCUT2D eigenvalue weighted by molar-refractivity contribution is 0.0558. The second-order valence-corrected chi connectivity index (χ2v) is 8.99. The monoisotopic (exact) mass is 528 g/mol. The average Bonchev–Trinajstić information content (AvgIpc) is 3.16. The lowest BCUT2D eigenvalue weighted by Crippen LogP contribution is -2.61. The standard InChI is InChI=1S/C26H23F3N4O5/c1-5-38-7-6-15-11-32-25(14(15)4)33(13(2)3)26(37)21-23(35)22(34)18(12-31(21)32)24(36)30-10-17-19(28)8-16(27)9-20(17)29/h1,6-9,12-13,15,25,35H,4,10-11H2,2-3H3,(H,30,36)/b7-6+/t15?,25-/m1/s1. The van der Waals surface area contributed by atoms with Crippen molar-refractivity contribution in [3.8, 4) is 18.3 Å². The molecule has 0 spiro atoms. The van der Waals surface area contributed by atoms with Crippen LogP contribution in [-0.2, 0) is 11.3 Å². The Morgan fingerprint density at radius 2 is 1.97 bits per heavy atom. The van der Waals surface area contributed by atoms with E-state index in [0.29, 0.717) is 17.7 Å². The average molecular weight is 528 g/mol. The molecule has 1 unspecified atom stereocenters. The molecule has 2 atom stereocenters. The molecule has 0 radical (unpaired) electrons. The summed E-state index contributed by atoms with van der Waals surface area (Å²) in [5, 5.41) is 14.6. The highest BCUT2D eigenvalue weighted by molar-refractivity contribution is 6.00. The number of aromatic nitrogens is 1. The molecule has 198 valence electrons. The molecule has 2 aliphatic rings. The maximum absolute atomic E-state index is 14.0. The quantitative estimate of drug-likeness (QED) is 0.339. The van der Waals surface area contributed by atoms with Crippen LogP contribution in [0.15, 0.2) is 47.6 Å². The normalized spacial score (nSPS) is 18.6. The van der Waals surface area contributed by atoms with E-state index in [-0.39, 0.29) is 24.2 Å². The number of benzene rings is 1. The van der Waals surface area contributed by atoms with E-state index in [9.17, 15) is 32.7 Å². The van der Waals surface area contributed by atoms with Crippen LogP contribution >= 0.6 is 0 Å². The van der Waals surface area contributed by atoms with E-state index in [1.165, 1.54) is 15.8 Å². The summed E-state index contributed by atoms with van der Waals surface area (Å²) in [5.74, 6) is -6.63. The number of terminal acetylenes is 1. The van der Waals surface area contributed by atoms with Gasteiger partial charge in [-0.25, -0.2) is 13.2 Å². The molecular weight excluding hydrogens is 505 g/mol. The van der Waals surface area contributed by atoms with E-state index in [4.69, 9.17) is 11.2 Å². The van der Waals surface area contributed by atoms with Crippen LogP contribution in [0.25, 0.3) is 0 Å². The number of pyridine rings is 1. The lowest BCUT2D eigenvalue weighted by Gasteiger charge is -2.45. The fourth-order valence-corrected chi connectivity index (χ4v) is 4.60. The van der Waals surface area contributed by atoms with Crippen LogP contribution in [0.2, 0.25) is 0 Å². The SMILES string of the molecule is C#CO/C=C/C1CN2[C@@H](C1=C)N(C(C)C)C(=O)c1c(O)c(=O)c(C(=O)NCc3c(F)cc(F)cc3F)cn12. The van der Waals surface area contributed by atoms with Gasteiger partial charge in [-0.15, -0.1) is 0 Å². The zero-order chi connectivity index (χ0) is 27.9. The van der Waals surface area contributed by atoms with Crippen LogP contribution in [0, 0.1) is 35.9 Å². The summed E-state index contributed by atoms with van der Waals surface area (Å²) < 4.78 is 47.2. The van der Waals surface area contributed by atoms with E-state index < -0.39 is 64.3 Å². The van der Waals surface area contributed by atoms with Crippen LogP contribution < -0.4 is 15.8 Å². The van der Waals surface area contributed by atoms with Gasteiger partial charge in [-0.3, -0.25) is 24.1 Å². The summed E-state index contributed by atoms with van der Waals surface area (Å²) in [6.45, 7) is 7.14. The number of halogens is 3. The predicted octanol–water partition coefficient (Wildman–Crippen LogP) is 2.34. The second-order valence-electron chi connectivity index (χ2n) is 8.99. The largest absolute Gasteiger partial charge is 0.502 e. The van der Waals surface area contributed by atoms with Crippen molar-refractivity contribution in [3.05, 3.63) is 87.3 Å². The molecule has 1 saturated heterocycles. The Kier molecular flexibility index (Phi) is 6.95. The third-order valence-corrected chi connectivity index (χ3v) is 6.40. The van der Waals surface area contributed by atoms with Crippen LogP contribution in [0.1, 0.15) is 40.3 Å². The van der Waals surface area contributed by atoms with E-state index in [2.05, 4.69) is 11.9 Å². The second kappa shape index (κ2) is 10.0. The van der Waals surface area contributed by atoms with Gasteiger partial charge in [0.2, 0.25) is 5.43 Å². The first-order valence-electron chi connectivity index (χ1n) is 11.4. The van der Waals surface area contributed by atoms with Crippen LogP contribution in [0.3, 0.4) is 0 Å². The van der Waals surface area contributed by atoms with Crippen molar-refractivity contribution < 1.29 is 32.6 Å². The number of ether oxygens (including phenoxy) is 1. The highest BCUT2D eigenvalue weighted by Crippen LogP contribution is 2.37. The van der Waals surface area contributed by atoms with Gasteiger partial charge < -0.3 is 20.1 Å². The minimum atomic E-state index is -1.22. The molecule has 2 N–H and O–H groups in total. The molecule has 1 aromatic heterocycles. The number of hydrogen-bond donors (Lipinski definition) is 2. The van der Waals surface area contributed by atoms with Gasteiger partial charge in [0.1, 0.15) is 41.5 Å². The molecule has 0 saturated carbocycles. The Balaban J connectivity index is 1.74. The Labute approximate surface area is 215 Å². The first kappa shape index (κ1) is 26.4. The Morgan fingerprint density at radius 3 is 2.58 bits per heavy atom. The summed E-state index contributed by atoms with van der Waals surface area (Å²) in [6.07, 6.45) is 10.4. The van der Waals surface area contributed by atoms with Crippen molar-refractivity contribution >= 4 is 11.8 Å². The third-order valence-electron chi connectivity index (χ3n) is 6.40. The molecule has 1 fully saturated rings. The van der Waals surface area contributed by atoms with Crippen LogP contribution in [-0.4, -0.2) is 45.2 Å². The van der Waals surface area contributed by atoms with E-state index in [1.54, 1.807) is 24.9 Å². The van der Waals surface area contributed by atoms with Crippen molar-refractivity contribution in [2.75, 3.05) is 11.6 Å². The number of carbonyl (C=O) groups excluding carboxylic acids is 2. The maximum Gasteiger partial charge on any atom is 0.278 e. The topological polar surface area (TPSA) is 104 Å². The lowest BCUT2D eigenvalue weighted by atomic mass is 10.0. The molecule has 3 heterocycles. The molecule has 2 amide bonds. The molecule has 9 nitrogen and oxygen atoms in total. The number of amides is 2. The van der Waals surface area contributed by atoms with Crippen molar-refractivity contribution in [1.82, 2.24) is 14.9 Å². The van der Waals surface area contributed by atoms with Gasteiger partial charge in [-0.2, -0.15) is 0 Å². The fraction of sp³-hybridized carbons (Fsp3) is 0.269. The summed E-state index contributed by atoms with van der Waals surface area (Å²) in [4.78, 5) is 40.7. The Hall–Kier alpha value is -4.66. The number of rotatable bonds is 6. The molecule has 4 rings (SSSR count). The minimum absolute atomic E-state index is 0.215. The summed E-state index contributed by atoms with van der Waals surface area (Å²) in [5.41, 5.74) is -2.12. The molecule has 1 aromatic carbocycles. The zero-order valence-corrected chi connectivity index (χ0v) is 20.4. The first-order chi connectivity index (χ1) is 18.0. The minimum Gasteiger partial charge on any atom is -0.502 e. The maximum atomic E-state index is 14.0. The van der Waals surface area contributed by atoms with Gasteiger partial charge >= 0.3 is 0 Å². The fourth-order valence-electron chi connectivity index (χ4n) is 4.60. The van der Waals surface area contributed by atoms with Gasteiger partial charge in [0, 0.05) is 48.9 Å². The van der Waals surface area contributed by atoms with Gasteiger partial charge in [0.05, 0.1) is 0 Å². The number of nitrogens with one attached hydrogen (secondary N) is 1. The molecule has 0 aliphatic carbocycles. The van der Waals surface area contributed by atoms with Crippen LogP contribution in [0.4, 0.5) is 13.2 Å². The first-order valence-corrected chi connectivity index (χ1v) is 11.4. The molecule has 12 heteroatoms. The zero-order valence-electron chi connectivity index (χ0n) is 20.4. The van der Waals surface area contributed by atoms with E-state index in [0.717, 1.165) is 6.20 Å². The number of fused-ring (bicyclic) bond motifs is 3. The smallest absolute Gasteiger partial charge is 0.278 e. The number of carbonyl (C=O) groups is 2. The Bertz CT molecular complexity index is 1450. The van der Waals surface area contributed by atoms with Crippen molar-refractivity contribution in [1.29, 1.82) is 0 Å². The number of nitrogens with zero attached hydrogens (tertiary/aromatic N) is 3. The molecular formula is C26H23F3N4O5. The van der Waals surface area contributed by atoms with Crippen LogP contribution in [0.5, 0.6) is 5.75 Å². The molecule has 0 bridgehead atoms. The Morgan fingerprint density at radius 1 is 1.32 bits per heavy atom. The van der Waals surface area contributed by atoms with Gasteiger partial charge in [-0.1, -0.05) is 13.0 Å². The predicted molar refractivity (Wildman–Crippen MR) is 130 cm³/mol. The van der Waals surface area contributed by atoms with E-state index in [1.807, 2.05) is 6.11 Å². The number of aromatic hydroxyl groups is 1. The summed E-state index contributed by atoms with van der Waals surface area (Å²) in [6, 6.07) is 0.551. The third kappa shape index (κ3) is 4.36.